The lowest BCUT2D eigenvalue weighted by atomic mass is 10.1. The quantitative estimate of drug-likeness (QED) is 0.546. The van der Waals surface area contributed by atoms with E-state index in [2.05, 4.69) is 26.6 Å². The average molecular weight is 412 g/mol. The Labute approximate surface area is 153 Å². The number of hydrogen-bond acceptors (Lipinski definition) is 5. The molecule has 1 aliphatic heterocycles. The van der Waals surface area contributed by atoms with Gasteiger partial charge in [0.2, 0.25) is 0 Å². The molecule has 0 radical (unpaired) electrons. The molecule has 0 atom stereocenters. The Balaban J connectivity index is 1.75. The highest BCUT2D eigenvalue weighted by atomic mass is 79.9. The Morgan fingerprint density at radius 3 is 2.64 bits per heavy atom. The number of halogens is 1. The van der Waals surface area contributed by atoms with E-state index in [1.807, 2.05) is 6.07 Å². The van der Waals surface area contributed by atoms with E-state index in [0.29, 0.717) is 5.69 Å². The van der Waals surface area contributed by atoms with Crippen molar-refractivity contribution in [3.63, 3.8) is 0 Å². The van der Waals surface area contributed by atoms with E-state index >= 15 is 0 Å². The van der Waals surface area contributed by atoms with Gasteiger partial charge in [0.15, 0.2) is 6.61 Å². The van der Waals surface area contributed by atoms with Gasteiger partial charge in [-0.3, -0.25) is 19.3 Å². The van der Waals surface area contributed by atoms with Gasteiger partial charge >= 0.3 is 12.0 Å². The molecule has 1 heterocycles. The molecule has 134 valence electrons. The predicted molar refractivity (Wildman–Crippen MR) is 92.7 cm³/mol. The van der Waals surface area contributed by atoms with Gasteiger partial charge in [-0.25, -0.2) is 4.79 Å². The summed E-state index contributed by atoms with van der Waals surface area (Å²) in [5.41, 5.74) is -0.415. The molecule has 0 aliphatic carbocycles. The monoisotopic (exact) mass is 411 g/mol. The van der Waals surface area contributed by atoms with E-state index < -0.39 is 36.0 Å². The number of urea groups is 1. The summed E-state index contributed by atoms with van der Waals surface area (Å²) >= 11 is 3.28. The summed E-state index contributed by atoms with van der Waals surface area (Å²) in [4.78, 5) is 48.1. The first kappa shape index (κ1) is 18.9. The van der Waals surface area contributed by atoms with Gasteiger partial charge in [-0.1, -0.05) is 22.0 Å². The zero-order chi connectivity index (χ0) is 18.6. The molecule has 0 bridgehead atoms. The number of ether oxygens (including phenoxy) is 1. The van der Waals surface area contributed by atoms with Crippen LogP contribution in [0.15, 0.2) is 28.7 Å². The summed E-state index contributed by atoms with van der Waals surface area (Å²) in [6.07, 6.45) is -0.181. The van der Waals surface area contributed by atoms with Gasteiger partial charge in [-0.05, 0) is 32.0 Å². The summed E-state index contributed by atoms with van der Waals surface area (Å²) in [5, 5.41) is 5.10. The summed E-state index contributed by atoms with van der Waals surface area (Å²) in [6.45, 7) is 2.62. The average Bonchev–Trinajstić information content (AvgIpc) is 2.71. The van der Waals surface area contributed by atoms with E-state index in [0.717, 1.165) is 9.37 Å². The lowest BCUT2D eigenvalue weighted by Crippen LogP contribution is -2.40. The number of anilines is 1. The van der Waals surface area contributed by atoms with Crippen LogP contribution in [0.3, 0.4) is 0 Å². The van der Waals surface area contributed by atoms with E-state index in [-0.39, 0.29) is 13.0 Å². The molecule has 0 aromatic heterocycles. The second kappa shape index (κ2) is 7.64. The molecule has 1 aromatic carbocycles. The number of rotatable bonds is 6. The first-order chi connectivity index (χ1) is 11.7. The summed E-state index contributed by atoms with van der Waals surface area (Å²) in [6, 6.07) is 6.43. The Morgan fingerprint density at radius 1 is 1.32 bits per heavy atom. The van der Waals surface area contributed by atoms with E-state index in [1.54, 1.807) is 32.0 Å². The first-order valence-electron chi connectivity index (χ1n) is 7.54. The van der Waals surface area contributed by atoms with Crippen LogP contribution in [-0.4, -0.2) is 47.4 Å². The standard InChI is InChI=1S/C16H18BrN3O5/c1-16(2)14(23)20(15(24)19-16)7-6-13(22)25-9-12(21)18-11-5-3-4-10(17)8-11/h3-5,8H,6-7,9H2,1-2H3,(H,18,21)(H,19,24). The molecule has 0 unspecified atom stereocenters. The van der Waals surface area contributed by atoms with Crippen LogP contribution in [0.4, 0.5) is 10.5 Å². The van der Waals surface area contributed by atoms with Crippen molar-refractivity contribution >= 4 is 45.4 Å². The molecule has 1 fully saturated rings. The number of imide groups is 1. The maximum Gasteiger partial charge on any atom is 0.325 e. The topological polar surface area (TPSA) is 105 Å². The van der Waals surface area contributed by atoms with Crippen LogP contribution in [0, 0.1) is 0 Å². The molecule has 4 amide bonds. The normalized spacial score (nSPS) is 15.7. The van der Waals surface area contributed by atoms with Crippen molar-refractivity contribution in [3.05, 3.63) is 28.7 Å². The van der Waals surface area contributed by atoms with Crippen LogP contribution in [0.1, 0.15) is 20.3 Å². The first-order valence-corrected chi connectivity index (χ1v) is 8.33. The van der Waals surface area contributed by atoms with Crippen LogP contribution < -0.4 is 10.6 Å². The van der Waals surface area contributed by atoms with Crippen molar-refractivity contribution in [2.24, 2.45) is 0 Å². The van der Waals surface area contributed by atoms with E-state index in [1.165, 1.54) is 0 Å². The fourth-order valence-corrected chi connectivity index (χ4v) is 2.60. The van der Waals surface area contributed by atoms with Gasteiger partial charge in [0.25, 0.3) is 11.8 Å². The number of amides is 4. The Kier molecular flexibility index (Phi) is 5.78. The molecular weight excluding hydrogens is 394 g/mol. The van der Waals surface area contributed by atoms with Gasteiger partial charge in [0.1, 0.15) is 5.54 Å². The zero-order valence-electron chi connectivity index (χ0n) is 13.8. The van der Waals surface area contributed by atoms with Gasteiger partial charge < -0.3 is 15.4 Å². The van der Waals surface area contributed by atoms with Crippen molar-refractivity contribution in [1.82, 2.24) is 10.2 Å². The summed E-state index contributed by atoms with van der Waals surface area (Å²) < 4.78 is 5.66. The highest BCUT2D eigenvalue weighted by molar-refractivity contribution is 9.10. The van der Waals surface area contributed by atoms with Gasteiger partial charge in [-0.15, -0.1) is 0 Å². The smallest absolute Gasteiger partial charge is 0.325 e. The van der Waals surface area contributed by atoms with Crippen molar-refractivity contribution in [1.29, 1.82) is 0 Å². The molecular formula is C16H18BrN3O5. The SMILES string of the molecule is CC1(C)NC(=O)N(CCC(=O)OCC(=O)Nc2cccc(Br)c2)C1=O. The van der Waals surface area contributed by atoms with E-state index in [4.69, 9.17) is 4.74 Å². The highest BCUT2D eigenvalue weighted by Crippen LogP contribution is 2.17. The van der Waals surface area contributed by atoms with Crippen LogP contribution in [0.5, 0.6) is 0 Å². The number of nitrogens with zero attached hydrogens (tertiary/aromatic N) is 1. The molecule has 9 heteroatoms. The third-order valence-electron chi connectivity index (χ3n) is 3.46. The number of carbonyl (C=O) groups is 4. The molecule has 8 nitrogen and oxygen atoms in total. The van der Waals surface area contributed by atoms with Crippen LogP contribution >= 0.6 is 15.9 Å². The minimum atomic E-state index is -0.981. The second-order valence-electron chi connectivity index (χ2n) is 5.98. The second-order valence-corrected chi connectivity index (χ2v) is 6.90. The lowest BCUT2D eigenvalue weighted by molar-refractivity contribution is -0.147. The number of benzene rings is 1. The third kappa shape index (κ3) is 5.02. The lowest BCUT2D eigenvalue weighted by Gasteiger charge is -2.15. The molecule has 2 N–H and O–H groups in total. The predicted octanol–water partition coefficient (Wildman–Crippen LogP) is 1.65. The minimum absolute atomic E-state index is 0.0970. The third-order valence-corrected chi connectivity index (χ3v) is 3.95. The van der Waals surface area contributed by atoms with Crippen molar-refractivity contribution < 1.29 is 23.9 Å². The molecule has 1 aromatic rings. The van der Waals surface area contributed by atoms with Gasteiger partial charge in [0.05, 0.1) is 6.42 Å². The van der Waals surface area contributed by atoms with Crippen molar-refractivity contribution in [3.8, 4) is 0 Å². The summed E-state index contributed by atoms with van der Waals surface area (Å²) in [5.74, 6) is -1.56. The number of esters is 1. The van der Waals surface area contributed by atoms with Crippen molar-refractivity contribution in [2.75, 3.05) is 18.5 Å². The number of hydrogen-bond donors (Lipinski definition) is 2. The Bertz CT molecular complexity index is 719. The maximum absolute atomic E-state index is 12.0. The molecule has 2 rings (SSSR count). The van der Waals surface area contributed by atoms with Crippen LogP contribution in [0.25, 0.3) is 0 Å². The molecule has 0 saturated carbocycles. The molecule has 1 saturated heterocycles. The fourth-order valence-electron chi connectivity index (χ4n) is 2.21. The fraction of sp³-hybridized carbons (Fsp3) is 0.375. The number of carbonyl (C=O) groups excluding carboxylic acids is 4. The van der Waals surface area contributed by atoms with Gasteiger partial charge in [-0.2, -0.15) is 0 Å². The van der Waals surface area contributed by atoms with Crippen LogP contribution in [-0.2, 0) is 19.1 Å². The largest absolute Gasteiger partial charge is 0.456 e. The summed E-state index contributed by atoms with van der Waals surface area (Å²) in [7, 11) is 0. The Hall–Kier alpha value is -2.42. The molecule has 25 heavy (non-hydrogen) atoms. The minimum Gasteiger partial charge on any atom is -0.456 e. The van der Waals surface area contributed by atoms with Crippen LogP contribution in [0.2, 0.25) is 0 Å². The van der Waals surface area contributed by atoms with Gasteiger partial charge in [0, 0.05) is 16.7 Å². The molecule has 1 aliphatic rings. The maximum atomic E-state index is 12.0. The van der Waals surface area contributed by atoms with Crippen molar-refractivity contribution in [2.45, 2.75) is 25.8 Å². The van der Waals surface area contributed by atoms with E-state index in [9.17, 15) is 19.2 Å². The Morgan fingerprint density at radius 2 is 2.04 bits per heavy atom. The highest BCUT2D eigenvalue weighted by Gasteiger charge is 2.44. The molecule has 0 spiro atoms. The number of nitrogens with one attached hydrogen (secondary N) is 2. The zero-order valence-corrected chi connectivity index (χ0v) is 15.4.